The summed E-state index contributed by atoms with van der Waals surface area (Å²) in [5, 5.41) is 2.96. The van der Waals surface area contributed by atoms with E-state index >= 15 is 0 Å². The third-order valence-corrected chi connectivity index (χ3v) is 3.97. The molecule has 1 rings (SSSR count). The van der Waals surface area contributed by atoms with Crippen molar-refractivity contribution in [1.82, 2.24) is 5.32 Å². The second kappa shape index (κ2) is 7.31. The molecule has 0 fully saturated rings. The lowest BCUT2D eigenvalue weighted by Gasteiger charge is -2.18. The lowest BCUT2D eigenvalue weighted by atomic mass is 10.2. The number of benzene rings is 1. The average molecular weight is 266 g/mol. The number of rotatable bonds is 6. The Bertz CT molecular complexity index is 391. The Labute approximate surface area is 114 Å². The van der Waals surface area contributed by atoms with E-state index in [4.69, 9.17) is 5.73 Å². The van der Waals surface area contributed by atoms with Crippen LogP contribution in [0.4, 0.5) is 5.69 Å². The Morgan fingerprint density at radius 2 is 2.06 bits per heavy atom. The molecule has 0 saturated heterocycles. The average Bonchev–Trinajstić information content (AvgIpc) is 2.35. The number of hydrogen-bond donors (Lipinski definition) is 2. The van der Waals surface area contributed by atoms with E-state index in [0.29, 0.717) is 0 Å². The van der Waals surface area contributed by atoms with Crippen LogP contribution in [-0.4, -0.2) is 17.2 Å². The Hall–Kier alpha value is -1.16. The van der Waals surface area contributed by atoms with E-state index in [9.17, 15) is 4.79 Å². The van der Waals surface area contributed by atoms with Crippen molar-refractivity contribution in [3.63, 3.8) is 0 Å². The molecule has 0 aliphatic carbocycles. The summed E-state index contributed by atoms with van der Waals surface area (Å²) >= 11 is 1.54. The minimum absolute atomic E-state index is 0.0936. The first-order valence-electron chi connectivity index (χ1n) is 6.39. The maximum absolute atomic E-state index is 12.0. The van der Waals surface area contributed by atoms with E-state index in [-0.39, 0.29) is 17.2 Å². The Morgan fingerprint density at radius 3 is 2.61 bits per heavy atom. The summed E-state index contributed by atoms with van der Waals surface area (Å²) in [6.07, 6.45) is 1.94. The number of hydrogen-bond acceptors (Lipinski definition) is 3. The SMILES string of the molecule is CCC(CC)NC(=O)C(C)Sc1cccc(N)c1. The van der Waals surface area contributed by atoms with E-state index in [0.717, 1.165) is 23.4 Å². The molecule has 0 saturated carbocycles. The molecule has 3 N–H and O–H groups in total. The smallest absolute Gasteiger partial charge is 0.233 e. The molecule has 0 aliphatic heterocycles. The fourth-order valence-corrected chi connectivity index (χ4v) is 2.60. The van der Waals surface area contributed by atoms with Crippen LogP contribution in [0.3, 0.4) is 0 Å². The van der Waals surface area contributed by atoms with E-state index in [1.54, 1.807) is 0 Å². The third-order valence-electron chi connectivity index (χ3n) is 2.87. The summed E-state index contributed by atoms with van der Waals surface area (Å²) in [6.45, 7) is 6.10. The predicted molar refractivity (Wildman–Crippen MR) is 78.7 cm³/mol. The van der Waals surface area contributed by atoms with Gasteiger partial charge in [-0.25, -0.2) is 0 Å². The summed E-state index contributed by atoms with van der Waals surface area (Å²) < 4.78 is 0. The zero-order chi connectivity index (χ0) is 13.5. The van der Waals surface area contributed by atoms with Gasteiger partial charge in [-0.3, -0.25) is 4.79 Å². The zero-order valence-corrected chi connectivity index (χ0v) is 12.1. The zero-order valence-electron chi connectivity index (χ0n) is 11.3. The first-order valence-corrected chi connectivity index (χ1v) is 7.27. The second-order valence-corrected chi connectivity index (χ2v) is 5.77. The highest BCUT2D eigenvalue weighted by Crippen LogP contribution is 2.24. The highest BCUT2D eigenvalue weighted by Gasteiger charge is 2.16. The van der Waals surface area contributed by atoms with Gasteiger partial charge < -0.3 is 11.1 Å². The lowest BCUT2D eigenvalue weighted by molar-refractivity contribution is -0.121. The molecule has 18 heavy (non-hydrogen) atoms. The van der Waals surface area contributed by atoms with Gasteiger partial charge in [0.2, 0.25) is 5.91 Å². The van der Waals surface area contributed by atoms with Crippen LogP contribution < -0.4 is 11.1 Å². The van der Waals surface area contributed by atoms with Gasteiger partial charge >= 0.3 is 0 Å². The molecule has 0 spiro atoms. The number of nitrogens with one attached hydrogen (secondary N) is 1. The molecule has 4 heteroatoms. The Balaban J connectivity index is 2.54. The molecule has 0 radical (unpaired) electrons. The van der Waals surface area contributed by atoms with Gasteiger partial charge in [-0.1, -0.05) is 19.9 Å². The number of amides is 1. The molecule has 0 aliphatic rings. The largest absolute Gasteiger partial charge is 0.399 e. The van der Waals surface area contributed by atoms with E-state index < -0.39 is 0 Å². The molecule has 1 aromatic carbocycles. The molecule has 0 aromatic heterocycles. The van der Waals surface area contributed by atoms with Gasteiger partial charge in [0.05, 0.1) is 5.25 Å². The van der Waals surface area contributed by atoms with Crippen molar-refractivity contribution in [3.8, 4) is 0 Å². The summed E-state index contributed by atoms with van der Waals surface area (Å²) in [6, 6.07) is 7.90. The van der Waals surface area contributed by atoms with Crippen molar-refractivity contribution in [2.24, 2.45) is 0 Å². The van der Waals surface area contributed by atoms with Crippen molar-refractivity contribution < 1.29 is 4.79 Å². The minimum Gasteiger partial charge on any atom is -0.399 e. The van der Waals surface area contributed by atoms with Crippen LogP contribution in [0, 0.1) is 0 Å². The first kappa shape index (κ1) is 14.9. The summed E-state index contributed by atoms with van der Waals surface area (Å²) in [5.74, 6) is 0.0936. The molecular formula is C14H22N2OS. The molecule has 1 atom stereocenters. The molecule has 0 bridgehead atoms. The molecular weight excluding hydrogens is 244 g/mol. The highest BCUT2D eigenvalue weighted by molar-refractivity contribution is 8.00. The monoisotopic (exact) mass is 266 g/mol. The third kappa shape index (κ3) is 4.61. The summed E-state index contributed by atoms with van der Waals surface area (Å²) in [7, 11) is 0. The van der Waals surface area contributed by atoms with Crippen LogP contribution in [0.1, 0.15) is 33.6 Å². The van der Waals surface area contributed by atoms with Gasteiger partial charge in [0.15, 0.2) is 0 Å². The number of nitrogens with two attached hydrogens (primary N) is 1. The van der Waals surface area contributed by atoms with Crippen molar-refractivity contribution >= 4 is 23.4 Å². The topological polar surface area (TPSA) is 55.1 Å². The maximum Gasteiger partial charge on any atom is 0.233 e. The quantitative estimate of drug-likeness (QED) is 0.614. The van der Waals surface area contributed by atoms with Crippen LogP contribution >= 0.6 is 11.8 Å². The molecule has 0 heterocycles. The van der Waals surface area contributed by atoms with Crippen LogP contribution in [-0.2, 0) is 4.79 Å². The molecule has 100 valence electrons. The first-order chi connectivity index (χ1) is 8.56. The summed E-state index contributed by atoms with van der Waals surface area (Å²) in [4.78, 5) is 13.0. The van der Waals surface area contributed by atoms with Crippen LogP contribution in [0.25, 0.3) is 0 Å². The van der Waals surface area contributed by atoms with Crippen molar-refractivity contribution in [1.29, 1.82) is 0 Å². The normalized spacial score (nSPS) is 12.4. The number of carbonyl (C=O) groups excluding carboxylic acids is 1. The Kier molecular flexibility index (Phi) is 6.05. The van der Waals surface area contributed by atoms with Gasteiger partial charge in [0.1, 0.15) is 0 Å². The predicted octanol–water partition coefficient (Wildman–Crippen LogP) is 3.05. The summed E-state index contributed by atoms with van der Waals surface area (Å²) in [5.41, 5.74) is 6.45. The van der Waals surface area contributed by atoms with Crippen molar-refractivity contribution in [2.45, 2.75) is 49.8 Å². The standard InChI is InChI=1S/C14H22N2OS/c1-4-12(5-2)16-14(17)10(3)18-13-8-6-7-11(15)9-13/h6-10,12H,4-5,15H2,1-3H3,(H,16,17). The van der Waals surface area contributed by atoms with Crippen LogP contribution in [0.5, 0.6) is 0 Å². The number of thioether (sulfide) groups is 1. The van der Waals surface area contributed by atoms with E-state index in [1.165, 1.54) is 11.8 Å². The number of carbonyl (C=O) groups is 1. The number of anilines is 1. The van der Waals surface area contributed by atoms with Crippen LogP contribution in [0.2, 0.25) is 0 Å². The van der Waals surface area contributed by atoms with Crippen molar-refractivity contribution in [3.05, 3.63) is 24.3 Å². The molecule has 1 unspecified atom stereocenters. The van der Waals surface area contributed by atoms with Gasteiger partial charge in [-0.05, 0) is 38.0 Å². The van der Waals surface area contributed by atoms with E-state index in [1.807, 2.05) is 31.2 Å². The van der Waals surface area contributed by atoms with E-state index in [2.05, 4.69) is 19.2 Å². The maximum atomic E-state index is 12.0. The highest BCUT2D eigenvalue weighted by atomic mass is 32.2. The molecule has 1 amide bonds. The van der Waals surface area contributed by atoms with Gasteiger partial charge in [0.25, 0.3) is 0 Å². The fourth-order valence-electron chi connectivity index (χ4n) is 1.66. The van der Waals surface area contributed by atoms with Gasteiger partial charge in [0, 0.05) is 16.6 Å². The van der Waals surface area contributed by atoms with Crippen molar-refractivity contribution in [2.75, 3.05) is 5.73 Å². The molecule has 3 nitrogen and oxygen atoms in total. The Morgan fingerprint density at radius 1 is 1.39 bits per heavy atom. The fraction of sp³-hybridized carbons (Fsp3) is 0.500. The second-order valence-electron chi connectivity index (χ2n) is 4.35. The van der Waals surface area contributed by atoms with Gasteiger partial charge in [-0.2, -0.15) is 0 Å². The number of nitrogen functional groups attached to an aromatic ring is 1. The minimum atomic E-state index is -0.104. The lowest BCUT2D eigenvalue weighted by Crippen LogP contribution is -2.38. The van der Waals surface area contributed by atoms with Crippen LogP contribution in [0.15, 0.2) is 29.2 Å². The van der Waals surface area contributed by atoms with Gasteiger partial charge in [-0.15, -0.1) is 11.8 Å². The molecule has 1 aromatic rings.